The van der Waals surface area contributed by atoms with Gasteiger partial charge in [0.25, 0.3) is 0 Å². The molecule has 2 rings (SSSR count). The first-order valence-corrected chi connectivity index (χ1v) is 7.83. The smallest absolute Gasteiger partial charge is 0.133 e. The number of nitrogens with zero attached hydrogens (tertiary/aromatic N) is 3. The molecule has 0 amide bonds. The monoisotopic (exact) mass is 281 g/mol. The predicted molar refractivity (Wildman–Crippen MR) is 81.2 cm³/mol. The molecule has 0 bridgehead atoms. The van der Waals surface area contributed by atoms with Crippen LogP contribution in [0.3, 0.4) is 0 Å². The van der Waals surface area contributed by atoms with Crippen LogP contribution in [-0.4, -0.2) is 28.4 Å². The number of hydrogen-bond acceptors (Lipinski definition) is 3. The number of halogens is 1. The number of aryl methyl sites for hydroxylation is 1. The van der Waals surface area contributed by atoms with Gasteiger partial charge in [-0.25, -0.2) is 9.97 Å². The van der Waals surface area contributed by atoms with Crippen molar-refractivity contribution in [2.24, 2.45) is 0 Å². The average Bonchev–Trinajstić information content (AvgIpc) is 2.83. The van der Waals surface area contributed by atoms with Crippen LogP contribution in [0.15, 0.2) is 6.07 Å². The minimum absolute atomic E-state index is 0.377. The van der Waals surface area contributed by atoms with Gasteiger partial charge in [-0.15, -0.1) is 11.6 Å². The molecule has 1 aromatic heterocycles. The highest BCUT2D eigenvalue weighted by molar-refractivity contribution is 6.17. The number of aromatic nitrogens is 2. The van der Waals surface area contributed by atoms with E-state index in [4.69, 9.17) is 16.6 Å². The molecule has 19 heavy (non-hydrogen) atoms. The minimum Gasteiger partial charge on any atom is -0.354 e. The molecule has 1 unspecified atom stereocenters. The van der Waals surface area contributed by atoms with E-state index < -0.39 is 0 Å². The maximum atomic E-state index is 5.82. The molecule has 1 aromatic rings. The van der Waals surface area contributed by atoms with E-state index in [-0.39, 0.29) is 0 Å². The lowest BCUT2D eigenvalue weighted by Crippen LogP contribution is -2.30. The van der Waals surface area contributed by atoms with Crippen LogP contribution in [0.5, 0.6) is 0 Å². The van der Waals surface area contributed by atoms with Crippen molar-refractivity contribution in [2.45, 2.75) is 58.4 Å². The Bertz CT molecular complexity index is 420. The maximum absolute atomic E-state index is 5.82. The molecule has 1 aliphatic heterocycles. The minimum atomic E-state index is 0.377. The molecular weight excluding hydrogens is 258 g/mol. The topological polar surface area (TPSA) is 29.0 Å². The highest BCUT2D eigenvalue weighted by Gasteiger charge is 2.25. The standard InChI is InChI=1S/C15H24ClN3/c1-11(2)15-17-12(3)10-14(18-15)19-9-5-7-13(19)6-4-8-16/h10-11,13H,4-9H2,1-3H3. The summed E-state index contributed by atoms with van der Waals surface area (Å²) in [6.07, 6.45) is 4.78. The molecular formula is C15H24ClN3. The van der Waals surface area contributed by atoms with Crippen LogP contribution in [0, 0.1) is 6.92 Å². The zero-order chi connectivity index (χ0) is 13.8. The summed E-state index contributed by atoms with van der Waals surface area (Å²) in [7, 11) is 0. The lowest BCUT2D eigenvalue weighted by molar-refractivity contribution is 0.595. The fourth-order valence-corrected chi connectivity index (χ4v) is 2.88. The van der Waals surface area contributed by atoms with Crippen molar-refractivity contribution in [3.05, 3.63) is 17.6 Å². The van der Waals surface area contributed by atoms with Crippen molar-refractivity contribution in [3.8, 4) is 0 Å². The first-order chi connectivity index (χ1) is 9.11. The Hall–Kier alpha value is -0.830. The molecule has 0 aromatic carbocycles. The van der Waals surface area contributed by atoms with Crippen molar-refractivity contribution in [3.63, 3.8) is 0 Å². The van der Waals surface area contributed by atoms with Gasteiger partial charge in [-0.3, -0.25) is 0 Å². The van der Waals surface area contributed by atoms with E-state index in [1.54, 1.807) is 0 Å². The Balaban J connectivity index is 2.20. The Morgan fingerprint density at radius 1 is 1.42 bits per heavy atom. The summed E-state index contributed by atoms with van der Waals surface area (Å²) < 4.78 is 0. The molecule has 1 atom stereocenters. The molecule has 1 aliphatic rings. The van der Waals surface area contributed by atoms with Crippen molar-refractivity contribution in [2.75, 3.05) is 17.3 Å². The zero-order valence-electron chi connectivity index (χ0n) is 12.2. The molecule has 0 aliphatic carbocycles. The van der Waals surface area contributed by atoms with Crippen LogP contribution in [-0.2, 0) is 0 Å². The van der Waals surface area contributed by atoms with Crippen LogP contribution in [0.4, 0.5) is 5.82 Å². The second-order valence-corrected chi connectivity index (χ2v) is 6.08. The molecule has 2 heterocycles. The SMILES string of the molecule is Cc1cc(N2CCCC2CCCCl)nc(C(C)C)n1. The fraction of sp³-hybridized carbons (Fsp3) is 0.733. The van der Waals surface area contributed by atoms with Crippen molar-refractivity contribution >= 4 is 17.4 Å². The van der Waals surface area contributed by atoms with E-state index in [1.807, 2.05) is 0 Å². The molecule has 0 radical (unpaired) electrons. The van der Waals surface area contributed by atoms with Gasteiger partial charge in [0.15, 0.2) is 0 Å². The zero-order valence-corrected chi connectivity index (χ0v) is 13.0. The van der Waals surface area contributed by atoms with Gasteiger partial charge >= 0.3 is 0 Å². The summed E-state index contributed by atoms with van der Waals surface area (Å²) in [6, 6.07) is 2.72. The van der Waals surface area contributed by atoms with Gasteiger partial charge in [0.1, 0.15) is 11.6 Å². The molecule has 1 fully saturated rings. The Kier molecular flexibility index (Phi) is 5.03. The highest BCUT2D eigenvalue weighted by atomic mass is 35.5. The average molecular weight is 282 g/mol. The third kappa shape index (κ3) is 3.59. The van der Waals surface area contributed by atoms with Crippen LogP contribution < -0.4 is 4.90 Å². The van der Waals surface area contributed by atoms with Gasteiger partial charge < -0.3 is 4.90 Å². The van der Waals surface area contributed by atoms with Gasteiger partial charge in [-0.1, -0.05) is 13.8 Å². The molecule has 106 valence electrons. The summed E-state index contributed by atoms with van der Waals surface area (Å²) in [5.41, 5.74) is 1.07. The Morgan fingerprint density at radius 2 is 2.21 bits per heavy atom. The van der Waals surface area contributed by atoms with E-state index in [2.05, 4.69) is 36.7 Å². The first kappa shape index (κ1) is 14.6. The Morgan fingerprint density at radius 3 is 2.89 bits per heavy atom. The fourth-order valence-electron chi connectivity index (χ4n) is 2.73. The van der Waals surface area contributed by atoms with Crippen LogP contribution >= 0.6 is 11.6 Å². The first-order valence-electron chi connectivity index (χ1n) is 7.30. The molecule has 3 nitrogen and oxygen atoms in total. The van der Waals surface area contributed by atoms with E-state index in [0.717, 1.165) is 36.2 Å². The van der Waals surface area contributed by atoms with Gasteiger partial charge in [-0.05, 0) is 32.6 Å². The van der Waals surface area contributed by atoms with E-state index >= 15 is 0 Å². The molecule has 4 heteroatoms. The van der Waals surface area contributed by atoms with Gasteiger partial charge in [0.2, 0.25) is 0 Å². The number of alkyl halides is 1. The number of hydrogen-bond donors (Lipinski definition) is 0. The van der Waals surface area contributed by atoms with Crippen LogP contribution in [0.25, 0.3) is 0 Å². The molecule has 0 spiro atoms. The highest BCUT2D eigenvalue weighted by Crippen LogP contribution is 2.28. The van der Waals surface area contributed by atoms with Gasteiger partial charge in [0.05, 0.1) is 0 Å². The van der Waals surface area contributed by atoms with Gasteiger partial charge in [-0.2, -0.15) is 0 Å². The van der Waals surface area contributed by atoms with Crippen LogP contribution in [0.2, 0.25) is 0 Å². The number of anilines is 1. The lowest BCUT2D eigenvalue weighted by Gasteiger charge is -2.26. The third-order valence-electron chi connectivity index (χ3n) is 3.72. The summed E-state index contributed by atoms with van der Waals surface area (Å²) in [6.45, 7) is 7.46. The quantitative estimate of drug-likeness (QED) is 0.767. The maximum Gasteiger partial charge on any atom is 0.133 e. The predicted octanol–water partition coefficient (Wildman–Crippen LogP) is 3.90. The summed E-state index contributed by atoms with van der Waals surface area (Å²) in [4.78, 5) is 11.7. The lowest BCUT2D eigenvalue weighted by atomic mass is 10.1. The van der Waals surface area contributed by atoms with Gasteiger partial charge in [0, 0.05) is 36.1 Å². The summed E-state index contributed by atoms with van der Waals surface area (Å²) in [5.74, 6) is 3.19. The molecule has 0 saturated carbocycles. The van der Waals surface area contributed by atoms with Crippen molar-refractivity contribution in [1.82, 2.24) is 9.97 Å². The third-order valence-corrected chi connectivity index (χ3v) is 3.98. The van der Waals surface area contributed by atoms with Crippen molar-refractivity contribution in [1.29, 1.82) is 0 Å². The largest absolute Gasteiger partial charge is 0.354 e. The second-order valence-electron chi connectivity index (χ2n) is 5.70. The van der Waals surface area contributed by atoms with E-state index in [1.165, 1.54) is 19.3 Å². The van der Waals surface area contributed by atoms with E-state index in [9.17, 15) is 0 Å². The Labute approximate surface area is 121 Å². The van der Waals surface area contributed by atoms with E-state index in [0.29, 0.717) is 12.0 Å². The molecule has 1 saturated heterocycles. The van der Waals surface area contributed by atoms with Crippen molar-refractivity contribution < 1.29 is 0 Å². The normalized spacial score (nSPS) is 19.4. The summed E-state index contributed by atoms with van der Waals surface area (Å²) >= 11 is 5.82. The number of rotatable bonds is 5. The molecule has 0 N–H and O–H groups in total. The van der Waals surface area contributed by atoms with Crippen LogP contribution in [0.1, 0.15) is 57.0 Å². The second kappa shape index (κ2) is 6.56. The summed E-state index contributed by atoms with van der Waals surface area (Å²) in [5, 5.41) is 0.